The van der Waals surface area contributed by atoms with Crippen LogP contribution in [0.3, 0.4) is 0 Å². The molecule has 0 unspecified atom stereocenters. The number of fused-ring (bicyclic) bond motifs is 1. The lowest BCUT2D eigenvalue weighted by molar-refractivity contribution is 0.232. The van der Waals surface area contributed by atoms with Gasteiger partial charge in [-0.1, -0.05) is 0 Å². The van der Waals surface area contributed by atoms with Gasteiger partial charge in [-0.15, -0.1) is 0 Å². The van der Waals surface area contributed by atoms with E-state index in [1.165, 1.54) is 11.3 Å². The predicted octanol–water partition coefficient (Wildman–Crippen LogP) is 0.811. The third kappa shape index (κ3) is 1.86. The number of hydrogen-bond donors (Lipinski definition) is 1. The van der Waals surface area contributed by atoms with Crippen molar-refractivity contribution in [1.82, 2.24) is 14.7 Å². The normalized spacial score (nSPS) is 17.9. The molecule has 84 valence electrons. The van der Waals surface area contributed by atoms with Gasteiger partial charge in [0.1, 0.15) is 5.82 Å². The number of nitrogens with zero attached hydrogens (tertiary/aromatic N) is 3. The summed E-state index contributed by atoms with van der Waals surface area (Å²) < 4.78 is 1.80. The molecule has 2 rings (SSSR count). The standard InChI is InChI=1S/C11H20N4/c1-8(2)15-6-4-9-10(5-7-15)13-14(3)11(9)12/h8H,4-7,12H2,1-3H3. The summed E-state index contributed by atoms with van der Waals surface area (Å²) in [4.78, 5) is 2.49. The van der Waals surface area contributed by atoms with Gasteiger partial charge in [0.2, 0.25) is 0 Å². The summed E-state index contributed by atoms with van der Waals surface area (Å²) >= 11 is 0. The van der Waals surface area contributed by atoms with E-state index >= 15 is 0 Å². The summed E-state index contributed by atoms with van der Waals surface area (Å²) in [5.74, 6) is 0.843. The second-order valence-corrected chi connectivity index (χ2v) is 4.56. The van der Waals surface area contributed by atoms with Crippen molar-refractivity contribution in [3.8, 4) is 0 Å². The molecule has 0 bridgehead atoms. The first-order valence-corrected chi connectivity index (χ1v) is 5.64. The molecule has 0 saturated carbocycles. The lowest BCUT2D eigenvalue weighted by Crippen LogP contribution is -2.33. The van der Waals surface area contributed by atoms with E-state index in [9.17, 15) is 0 Å². The van der Waals surface area contributed by atoms with Gasteiger partial charge in [0.15, 0.2) is 0 Å². The molecule has 0 saturated heterocycles. The minimum atomic E-state index is 0.615. The molecule has 1 aromatic rings. The maximum Gasteiger partial charge on any atom is 0.124 e. The topological polar surface area (TPSA) is 47.1 Å². The Bertz CT molecular complexity index is 354. The Balaban J connectivity index is 2.20. The Hall–Kier alpha value is -1.03. The number of nitrogens with two attached hydrogens (primary N) is 1. The molecule has 0 amide bonds. The monoisotopic (exact) mass is 208 g/mol. The van der Waals surface area contributed by atoms with Gasteiger partial charge in [-0.25, -0.2) is 0 Å². The van der Waals surface area contributed by atoms with Crippen molar-refractivity contribution in [3.05, 3.63) is 11.3 Å². The maximum atomic E-state index is 6.00. The van der Waals surface area contributed by atoms with Gasteiger partial charge in [-0.3, -0.25) is 4.68 Å². The van der Waals surface area contributed by atoms with Crippen LogP contribution < -0.4 is 5.73 Å². The highest BCUT2D eigenvalue weighted by molar-refractivity contribution is 5.44. The average molecular weight is 208 g/mol. The van der Waals surface area contributed by atoms with Crippen LogP contribution >= 0.6 is 0 Å². The van der Waals surface area contributed by atoms with Crippen molar-refractivity contribution in [3.63, 3.8) is 0 Å². The van der Waals surface area contributed by atoms with Crippen molar-refractivity contribution in [2.75, 3.05) is 18.8 Å². The highest BCUT2D eigenvalue weighted by Gasteiger charge is 2.20. The van der Waals surface area contributed by atoms with Crippen LogP contribution in [0.5, 0.6) is 0 Å². The first-order valence-electron chi connectivity index (χ1n) is 5.64. The maximum absolute atomic E-state index is 6.00. The van der Waals surface area contributed by atoms with Crippen molar-refractivity contribution in [2.24, 2.45) is 7.05 Å². The van der Waals surface area contributed by atoms with Crippen LogP contribution in [0.25, 0.3) is 0 Å². The van der Waals surface area contributed by atoms with Crippen molar-refractivity contribution < 1.29 is 0 Å². The number of anilines is 1. The van der Waals surface area contributed by atoms with E-state index in [1.807, 2.05) is 7.05 Å². The number of hydrogen-bond acceptors (Lipinski definition) is 3. The highest BCUT2D eigenvalue weighted by atomic mass is 15.3. The highest BCUT2D eigenvalue weighted by Crippen LogP contribution is 2.21. The smallest absolute Gasteiger partial charge is 0.124 e. The van der Waals surface area contributed by atoms with E-state index in [4.69, 9.17) is 5.73 Å². The third-order valence-electron chi connectivity index (χ3n) is 3.29. The molecule has 15 heavy (non-hydrogen) atoms. The number of aryl methyl sites for hydroxylation is 1. The molecule has 0 radical (unpaired) electrons. The van der Waals surface area contributed by atoms with E-state index in [2.05, 4.69) is 23.8 Å². The molecule has 0 spiro atoms. The zero-order valence-electron chi connectivity index (χ0n) is 9.82. The Morgan fingerprint density at radius 2 is 1.93 bits per heavy atom. The fraction of sp³-hybridized carbons (Fsp3) is 0.727. The summed E-state index contributed by atoms with van der Waals surface area (Å²) in [6.45, 7) is 6.68. The van der Waals surface area contributed by atoms with Gasteiger partial charge in [-0.05, 0) is 20.3 Å². The van der Waals surface area contributed by atoms with Crippen LogP contribution in [-0.2, 0) is 19.9 Å². The summed E-state index contributed by atoms with van der Waals surface area (Å²) in [6.07, 6.45) is 2.06. The lowest BCUT2D eigenvalue weighted by atomic mass is 10.1. The molecule has 2 heterocycles. The lowest BCUT2D eigenvalue weighted by Gasteiger charge is -2.24. The molecule has 2 N–H and O–H groups in total. The van der Waals surface area contributed by atoms with Crippen molar-refractivity contribution >= 4 is 5.82 Å². The fourth-order valence-electron chi connectivity index (χ4n) is 2.24. The molecule has 1 aliphatic heterocycles. The Morgan fingerprint density at radius 1 is 1.27 bits per heavy atom. The van der Waals surface area contributed by atoms with Crippen molar-refractivity contribution in [2.45, 2.75) is 32.7 Å². The molecule has 1 aliphatic rings. The Morgan fingerprint density at radius 3 is 2.60 bits per heavy atom. The average Bonchev–Trinajstić information content (AvgIpc) is 2.40. The Kier molecular flexibility index (Phi) is 2.69. The van der Waals surface area contributed by atoms with Crippen LogP contribution in [0.4, 0.5) is 5.82 Å². The molecule has 4 nitrogen and oxygen atoms in total. The fourth-order valence-corrected chi connectivity index (χ4v) is 2.24. The molecule has 0 aliphatic carbocycles. The van der Waals surface area contributed by atoms with Gasteiger partial charge in [0, 0.05) is 38.2 Å². The number of nitrogen functional groups attached to an aromatic ring is 1. The molecule has 4 heteroatoms. The van der Waals surface area contributed by atoms with Crippen LogP contribution in [0.2, 0.25) is 0 Å². The van der Waals surface area contributed by atoms with Gasteiger partial charge in [0.05, 0.1) is 5.69 Å². The van der Waals surface area contributed by atoms with E-state index in [-0.39, 0.29) is 0 Å². The van der Waals surface area contributed by atoms with Crippen LogP contribution in [-0.4, -0.2) is 33.8 Å². The number of aromatic nitrogens is 2. The van der Waals surface area contributed by atoms with Crippen LogP contribution in [0.1, 0.15) is 25.1 Å². The summed E-state index contributed by atoms with van der Waals surface area (Å²) in [7, 11) is 1.92. The molecule has 1 aromatic heterocycles. The number of rotatable bonds is 1. The second kappa shape index (κ2) is 3.85. The molecular formula is C11H20N4. The molecular weight excluding hydrogens is 188 g/mol. The molecule has 0 atom stereocenters. The first-order chi connectivity index (χ1) is 7.09. The summed E-state index contributed by atoms with van der Waals surface area (Å²) in [5, 5.41) is 4.47. The minimum absolute atomic E-state index is 0.615. The van der Waals surface area contributed by atoms with E-state index < -0.39 is 0 Å². The SMILES string of the molecule is CC(C)N1CCc2nn(C)c(N)c2CC1. The summed E-state index contributed by atoms with van der Waals surface area (Å²) in [6, 6.07) is 0.615. The van der Waals surface area contributed by atoms with E-state index in [1.54, 1.807) is 4.68 Å². The predicted molar refractivity (Wildman–Crippen MR) is 61.7 cm³/mol. The van der Waals surface area contributed by atoms with Crippen molar-refractivity contribution in [1.29, 1.82) is 0 Å². The van der Waals surface area contributed by atoms with Crippen LogP contribution in [0.15, 0.2) is 0 Å². The summed E-state index contributed by atoms with van der Waals surface area (Å²) in [5.41, 5.74) is 8.45. The van der Waals surface area contributed by atoms with E-state index in [0.29, 0.717) is 6.04 Å². The molecule has 0 fully saturated rings. The van der Waals surface area contributed by atoms with Crippen LogP contribution in [0, 0.1) is 0 Å². The second-order valence-electron chi connectivity index (χ2n) is 4.56. The quantitative estimate of drug-likeness (QED) is 0.743. The first kappa shape index (κ1) is 10.5. The Labute approximate surface area is 91.1 Å². The van der Waals surface area contributed by atoms with Gasteiger partial charge >= 0.3 is 0 Å². The largest absolute Gasteiger partial charge is 0.384 e. The zero-order valence-corrected chi connectivity index (χ0v) is 9.82. The van der Waals surface area contributed by atoms with E-state index in [0.717, 1.165) is 31.7 Å². The third-order valence-corrected chi connectivity index (χ3v) is 3.29. The van der Waals surface area contributed by atoms with Gasteiger partial charge in [-0.2, -0.15) is 5.10 Å². The molecule has 0 aromatic carbocycles. The zero-order chi connectivity index (χ0) is 11.0. The minimum Gasteiger partial charge on any atom is -0.384 e. The van der Waals surface area contributed by atoms with Gasteiger partial charge < -0.3 is 10.6 Å². The van der Waals surface area contributed by atoms with Gasteiger partial charge in [0.25, 0.3) is 0 Å².